The lowest BCUT2D eigenvalue weighted by Gasteiger charge is -2.08. The molecule has 1 aromatic rings. The average molecular weight is 220 g/mol. The van der Waals surface area contributed by atoms with Gasteiger partial charge in [0.1, 0.15) is 0 Å². The van der Waals surface area contributed by atoms with Gasteiger partial charge in [0, 0.05) is 17.3 Å². The Kier molecular flexibility index (Phi) is 3.71. The molecule has 72 valence electrons. The van der Waals surface area contributed by atoms with Gasteiger partial charge >= 0.3 is 5.97 Å². The van der Waals surface area contributed by atoms with E-state index in [0.717, 1.165) is 4.88 Å². The van der Waals surface area contributed by atoms with Crippen LogP contribution in [-0.4, -0.2) is 17.6 Å². The van der Waals surface area contributed by atoms with E-state index in [-0.39, 0.29) is 12.3 Å². The maximum absolute atomic E-state index is 10.5. The minimum absolute atomic E-state index is 0.0628. The largest absolute Gasteiger partial charge is 0.481 e. The maximum atomic E-state index is 10.5. The molecule has 0 aliphatic heterocycles. The molecule has 1 aromatic heterocycles. The Labute approximate surface area is 85.1 Å². The lowest BCUT2D eigenvalue weighted by Crippen LogP contribution is -2.15. The van der Waals surface area contributed by atoms with Crippen molar-refractivity contribution in [2.75, 3.05) is 6.54 Å². The van der Waals surface area contributed by atoms with E-state index in [0.29, 0.717) is 10.9 Å². The van der Waals surface area contributed by atoms with Gasteiger partial charge < -0.3 is 10.8 Å². The van der Waals surface area contributed by atoms with Crippen molar-refractivity contribution >= 4 is 28.9 Å². The molecular weight excluding hydrogens is 210 g/mol. The normalized spacial score (nSPS) is 12.8. The summed E-state index contributed by atoms with van der Waals surface area (Å²) in [5, 5.41) is 8.60. The molecule has 0 amide bonds. The zero-order chi connectivity index (χ0) is 9.84. The van der Waals surface area contributed by atoms with E-state index < -0.39 is 5.97 Å². The first-order valence-corrected chi connectivity index (χ1v) is 5.00. The fourth-order valence-corrected chi connectivity index (χ4v) is 2.23. The molecular formula is C8H10ClNO2S. The number of nitrogens with two attached hydrogens (primary N) is 1. The second kappa shape index (κ2) is 4.60. The van der Waals surface area contributed by atoms with Gasteiger partial charge in [0.2, 0.25) is 0 Å². The number of rotatable bonds is 4. The van der Waals surface area contributed by atoms with Crippen molar-refractivity contribution in [2.45, 2.75) is 12.3 Å². The van der Waals surface area contributed by atoms with Crippen molar-refractivity contribution in [3.8, 4) is 0 Å². The zero-order valence-corrected chi connectivity index (χ0v) is 8.44. The SMILES string of the molecule is NC[C@@H](CC(=O)O)c1ccc(Cl)s1. The predicted octanol–water partition coefficient (Wildman–Crippen LogP) is 1.92. The molecule has 0 saturated carbocycles. The molecule has 3 N–H and O–H groups in total. The van der Waals surface area contributed by atoms with Gasteiger partial charge in [-0.2, -0.15) is 0 Å². The van der Waals surface area contributed by atoms with Crippen LogP contribution in [0.2, 0.25) is 4.34 Å². The van der Waals surface area contributed by atoms with Gasteiger partial charge in [-0.15, -0.1) is 11.3 Å². The van der Waals surface area contributed by atoms with Crippen LogP contribution in [0.4, 0.5) is 0 Å². The number of halogens is 1. The Morgan fingerprint density at radius 1 is 1.69 bits per heavy atom. The van der Waals surface area contributed by atoms with Crippen LogP contribution in [0, 0.1) is 0 Å². The Balaban J connectivity index is 2.72. The van der Waals surface area contributed by atoms with E-state index >= 15 is 0 Å². The Hall–Kier alpha value is -0.580. The molecule has 1 rings (SSSR count). The molecule has 0 aliphatic carbocycles. The monoisotopic (exact) mass is 219 g/mol. The molecule has 0 spiro atoms. The van der Waals surface area contributed by atoms with Crippen molar-refractivity contribution in [3.63, 3.8) is 0 Å². The molecule has 0 unspecified atom stereocenters. The van der Waals surface area contributed by atoms with Crippen LogP contribution in [0.15, 0.2) is 12.1 Å². The Bertz CT molecular complexity index is 300. The van der Waals surface area contributed by atoms with E-state index in [1.165, 1.54) is 11.3 Å². The summed E-state index contributed by atoms with van der Waals surface area (Å²) in [5.41, 5.74) is 5.46. The van der Waals surface area contributed by atoms with Gasteiger partial charge in [-0.25, -0.2) is 0 Å². The van der Waals surface area contributed by atoms with E-state index in [4.69, 9.17) is 22.4 Å². The summed E-state index contributed by atoms with van der Waals surface area (Å²) in [5.74, 6) is -0.949. The highest BCUT2D eigenvalue weighted by molar-refractivity contribution is 7.16. The minimum atomic E-state index is -0.833. The van der Waals surface area contributed by atoms with Gasteiger partial charge in [-0.3, -0.25) is 4.79 Å². The van der Waals surface area contributed by atoms with Gasteiger partial charge in [-0.1, -0.05) is 11.6 Å². The lowest BCUT2D eigenvalue weighted by molar-refractivity contribution is -0.137. The maximum Gasteiger partial charge on any atom is 0.304 e. The summed E-state index contributed by atoms with van der Waals surface area (Å²) in [6.07, 6.45) is 0.0628. The minimum Gasteiger partial charge on any atom is -0.481 e. The van der Waals surface area contributed by atoms with Crippen molar-refractivity contribution in [1.29, 1.82) is 0 Å². The summed E-state index contributed by atoms with van der Waals surface area (Å²) < 4.78 is 0.666. The van der Waals surface area contributed by atoms with E-state index in [2.05, 4.69) is 0 Å². The quantitative estimate of drug-likeness (QED) is 0.813. The summed E-state index contributed by atoms with van der Waals surface area (Å²) in [6, 6.07) is 3.58. The first-order chi connectivity index (χ1) is 6.13. The smallest absolute Gasteiger partial charge is 0.304 e. The third kappa shape index (κ3) is 2.99. The van der Waals surface area contributed by atoms with Crippen LogP contribution in [0.1, 0.15) is 17.2 Å². The first-order valence-electron chi connectivity index (χ1n) is 3.80. The molecule has 1 atom stereocenters. The summed E-state index contributed by atoms with van der Waals surface area (Å²) >= 11 is 7.11. The number of hydrogen-bond acceptors (Lipinski definition) is 3. The molecule has 0 aliphatic rings. The van der Waals surface area contributed by atoms with Crippen LogP contribution in [-0.2, 0) is 4.79 Å². The van der Waals surface area contributed by atoms with E-state index in [9.17, 15) is 4.79 Å². The molecule has 13 heavy (non-hydrogen) atoms. The molecule has 3 nitrogen and oxygen atoms in total. The number of carboxylic acids is 1. The highest BCUT2D eigenvalue weighted by atomic mass is 35.5. The highest BCUT2D eigenvalue weighted by Gasteiger charge is 2.15. The fraction of sp³-hybridized carbons (Fsp3) is 0.375. The van der Waals surface area contributed by atoms with Crippen molar-refractivity contribution in [3.05, 3.63) is 21.3 Å². The Morgan fingerprint density at radius 3 is 2.77 bits per heavy atom. The third-order valence-corrected chi connectivity index (χ3v) is 3.10. The van der Waals surface area contributed by atoms with Crippen LogP contribution in [0.5, 0.6) is 0 Å². The standard InChI is InChI=1S/C8H10ClNO2S/c9-7-2-1-6(13-7)5(4-10)3-8(11)12/h1-2,5H,3-4,10H2,(H,11,12)/t5-/m1/s1. The molecule has 5 heteroatoms. The van der Waals surface area contributed by atoms with E-state index in [1.807, 2.05) is 6.07 Å². The van der Waals surface area contributed by atoms with Crippen molar-refractivity contribution < 1.29 is 9.90 Å². The van der Waals surface area contributed by atoms with Crippen molar-refractivity contribution in [1.82, 2.24) is 0 Å². The van der Waals surface area contributed by atoms with Crippen molar-refractivity contribution in [2.24, 2.45) is 5.73 Å². The summed E-state index contributed by atoms with van der Waals surface area (Å²) in [7, 11) is 0. The van der Waals surface area contributed by atoms with E-state index in [1.54, 1.807) is 6.07 Å². The molecule has 0 aromatic carbocycles. The van der Waals surface area contributed by atoms with Crippen LogP contribution in [0.3, 0.4) is 0 Å². The van der Waals surface area contributed by atoms with Gasteiger partial charge in [0.05, 0.1) is 10.8 Å². The average Bonchev–Trinajstić information content (AvgIpc) is 2.47. The second-order valence-corrected chi connectivity index (χ2v) is 4.42. The summed E-state index contributed by atoms with van der Waals surface area (Å²) in [6.45, 7) is 0.336. The molecule has 0 saturated heterocycles. The first kappa shape index (κ1) is 10.5. The van der Waals surface area contributed by atoms with Gasteiger partial charge in [0.25, 0.3) is 0 Å². The zero-order valence-electron chi connectivity index (χ0n) is 6.87. The van der Waals surface area contributed by atoms with Crippen LogP contribution < -0.4 is 5.73 Å². The van der Waals surface area contributed by atoms with Gasteiger partial charge in [-0.05, 0) is 12.1 Å². The number of hydrogen-bond donors (Lipinski definition) is 2. The molecule has 1 heterocycles. The molecule has 0 radical (unpaired) electrons. The number of thiophene rings is 1. The highest BCUT2D eigenvalue weighted by Crippen LogP contribution is 2.29. The topological polar surface area (TPSA) is 63.3 Å². The lowest BCUT2D eigenvalue weighted by atomic mass is 10.0. The fourth-order valence-electron chi connectivity index (χ4n) is 1.06. The summed E-state index contributed by atoms with van der Waals surface area (Å²) in [4.78, 5) is 11.4. The third-order valence-electron chi connectivity index (χ3n) is 1.70. The predicted molar refractivity (Wildman–Crippen MR) is 53.4 cm³/mol. The van der Waals surface area contributed by atoms with Gasteiger partial charge in [0.15, 0.2) is 0 Å². The molecule has 0 fully saturated rings. The van der Waals surface area contributed by atoms with Crippen LogP contribution in [0.25, 0.3) is 0 Å². The number of carbonyl (C=O) groups is 1. The second-order valence-electron chi connectivity index (χ2n) is 2.67. The number of aliphatic carboxylic acids is 1. The van der Waals surface area contributed by atoms with Crippen LogP contribution >= 0.6 is 22.9 Å². The Morgan fingerprint density at radius 2 is 2.38 bits per heavy atom. The number of carboxylic acid groups (broad SMARTS) is 1. The molecule has 0 bridgehead atoms.